The zero-order valence-corrected chi connectivity index (χ0v) is 23.8. The number of alkyl halides is 6. The molecule has 236 valence electrons. The molecule has 0 saturated carbocycles. The van der Waals surface area contributed by atoms with Crippen LogP contribution >= 0.6 is 0 Å². The first kappa shape index (κ1) is 32.4. The van der Waals surface area contributed by atoms with E-state index < -0.39 is 47.0 Å². The minimum Gasteiger partial charge on any atom is -0.488 e. The van der Waals surface area contributed by atoms with Crippen molar-refractivity contribution in [2.75, 3.05) is 13.2 Å². The number of halogens is 6. The number of hydrogen-bond acceptors (Lipinski definition) is 5. The van der Waals surface area contributed by atoms with Gasteiger partial charge in [-0.25, -0.2) is 10.3 Å². The number of ketones is 1. The number of hydroxylamine groups is 1. The van der Waals surface area contributed by atoms with Crippen molar-refractivity contribution in [2.45, 2.75) is 37.9 Å². The van der Waals surface area contributed by atoms with Crippen LogP contribution in [0.5, 0.6) is 5.75 Å². The van der Waals surface area contributed by atoms with Crippen LogP contribution in [-0.2, 0) is 26.7 Å². The maximum Gasteiger partial charge on any atom is 0.416 e. The van der Waals surface area contributed by atoms with Gasteiger partial charge in [0.15, 0.2) is 12.1 Å². The largest absolute Gasteiger partial charge is 0.488 e. The Morgan fingerprint density at radius 2 is 1.74 bits per heavy atom. The summed E-state index contributed by atoms with van der Waals surface area (Å²) in [7, 11) is 0. The Kier molecular flexibility index (Phi) is 9.52. The predicted molar refractivity (Wildman–Crippen MR) is 154 cm³/mol. The molecule has 0 aromatic heterocycles. The first-order valence-electron chi connectivity index (χ1n) is 13.9. The van der Waals surface area contributed by atoms with E-state index in [0.29, 0.717) is 47.6 Å². The number of hydrogen-bond donors (Lipinski definition) is 1. The number of nitrogens with one attached hydrogen (secondary N) is 1. The molecule has 1 amide bonds. The summed E-state index contributed by atoms with van der Waals surface area (Å²) < 4.78 is 90.5. The maximum atomic E-state index is 13.2. The van der Waals surface area contributed by atoms with Gasteiger partial charge in [0, 0.05) is 30.2 Å². The van der Waals surface area contributed by atoms with Crippen molar-refractivity contribution in [3.8, 4) is 17.6 Å². The fourth-order valence-corrected chi connectivity index (χ4v) is 4.52. The van der Waals surface area contributed by atoms with Crippen molar-refractivity contribution < 1.29 is 50.2 Å². The molecule has 0 radical (unpaired) electrons. The Balaban J connectivity index is 1.22. The van der Waals surface area contributed by atoms with E-state index >= 15 is 0 Å². The minimum atomic E-state index is -5.01. The SMILES string of the molecule is O=C(/C=C/C1=C=C=C(COc2ccc3c(c2)C=C/C(=C\c2cc(C(F)(F)F)cc(C(F)(F)F)c2)C3=O)C#C1)NOC1CCCCO1. The second-order valence-corrected chi connectivity index (χ2v) is 10.2. The smallest absolute Gasteiger partial charge is 0.416 e. The third kappa shape index (κ3) is 8.36. The number of carbonyl (C=O) groups is 2. The highest BCUT2D eigenvalue weighted by atomic mass is 19.4. The molecule has 1 heterocycles. The number of benzene rings is 2. The zero-order chi connectivity index (χ0) is 32.9. The van der Waals surface area contributed by atoms with Gasteiger partial charge in [0.25, 0.3) is 5.91 Å². The van der Waals surface area contributed by atoms with Crippen molar-refractivity contribution in [3.63, 3.8) is 0 Å². The van der Waals surface area contributed by atoms with Crippen molar-refractivity contribution in [3.05, 3.63) is 111 Å². The van der Waals surface area contributed by atoms with Crippen LogP contribution in [0.3, 0.4) is 0 Å². The minimum absolute atomic E-state index is 0.0192. The number of carbonyl (C=O) groups excluding carboxylic acids is 2. The molecule has 0 bridgehead atoms. The normalized spacial score (nSPS) is 18.5. The molecule has 1 saturated heterocycles. The van der Waals surface area contributed by atoms with Gasteiger partial charge in [-0.1, -0.05) is 35.5 Å². The molecule has 1 unspecified atom stereocenters. The van der Waals surface area contributed by atoms with Gasteiger partial charge in [-0.15, -0.1) is 0 Å². The number of rotatable bonds is 8. The summed E-state index contributed by atoms with van der Waals surface area (Å²) in [6, 6.07) is 5.66. The van der Waals surface area contributed by atoms with E-state index in [1.807, 2.05) is 0 Å². The van der Waals surface area contributed by atoms with Crippen LogP contribution in [0.4, 0.5) is 26.3 Å². The molecule has 6 nitrogen and oxygen atoms in total. The van der Waals surface area contributed by atoms with Crippen LogP contribution in [0.25, 0.3) is 12.2 Å². The van der Waals surface area contributed by atoms with Gasteiger partial charge >= 0.3 is 12.4 Å². The second kappa shape index (κ2) is 13.5. The van der Waals surface area contributed by atoms with Crippen molar-refractivity contribution in [1.82, 2.24) is 5.48 Å². The molecule has 12 heteroatoms. The molecule has 1 atom stereocenters. The predicted octanol–water partition coefficient (Wildman–Crippen LogP) is 7.15. The van der Waals surface area contributed by atoms with Crippen LogP contribution in [0.2, 0.25) is 0 Å². The first-order valence-corrected chi connectivity index (χ1v) is 13.9. The van der Waals surface area contributed by atoms with Gasteiger partial charge in [0.05, 0.1) is 22.3 Å². The molecule has 3 aliphatic rings. The Morgan fingerprint density at radius 1 is 0.978 bits per heavy atom. The fourth-order valence-electron chi connectivity index (χ4n) is 4.52. The van der Waals surface area contributed by atoms with Crippen molar-refractivity contribution in [1.29, 1.82) is 0 Å². The lowest BCUT2D eigenvalue weighted by molar-refractivity contribution is -0.198. The molecule has 1 fully saturated rings. The second-order valence-electron chi connectivity index (χ2n) is 10.2. The lowest BCUT2D eigenvalue weighted by Crippen LogP contribution is -2.32. The molecule has 2 aliphatic carbocycles. The van der Waals surface area contributed by atoms with Gasteiger partial charge in [0.1, 0.15) is 12.4 Å². The molecular formula is C34H23F6NO5. The Labute approximate surface area is 259 Å². The maximum absolute atomic E-state index is 13.2. The lowest BCUT2D eigenvalue weighted by atomic mass is 9.91. The quantitative estimate of drug-likeness (QED) is 0.109. The number of ether oxygens (including phenoxy) is 2. The van der Waals surface area contributed by atoms with E-state index in [1.54, 1.807) is 6.07 Å². The van der Waals surface area contributed by atoms with Gasteiger partial charge < -0.3 is 9.47 Å². The number of amides is 1. The highest BCUT2D eigenvalue weighted by molar-refractivity contribution is 6.17. The number of allylic oxidation sites excluding steroid dienone is 4. The molecular weight excluding hydrogens is 616 g/mol. The Morgan fingerprint density at radius 3 is 2.39 bits per heavy atom. The van der Waals surface area contributed by atoms with Gasteiger partial charge in [-0.05, 0) is 72.5 Å². The van der Waals surface area contributed by atoms with E-state index in [-0.39, 0.29) is 23.8 Å². The van der Waals surface area contributed by atoms with Crippen LogP contribution in [-0.4, -0.2) is 31.2 Å². The number of fused-ring (bicyclic) bond motifs is 1. The third-order valence-corrected chi connectivity index (χ3v) is 6.81. The standard InChI is InChI=1S/C34H23F6NO5/c35-33(36,37)26-16-23(17-27(19-26)34(38,39)40)15-25-10-9-24-18-28(11-12-29(24)32(25)43)45-20-22-6-4-21(5-7-22)8-13-30(42)41-46-31-3-1-2-14-44-31/h8-13,15-19,31H,1-3,14,20H2,(H,41,42)/b13-8+,25-15+. The van der Waals surface area contributed by atoms with Crippen LogP contribution < -0.4 is 10.2 Å². The van der Waals surface area contributed by atoms with E-state index in [9.17, 15) is 35.9 Å². The average molecular weight is 640 g/mol. The lowest BCUT2D eigenvalue weighted by Gasteiger charge is -2.21. The molecule has 46 heavy (non-hydrogen) atoms. The van der Waals surface area contributed by atoms with E-state index in [1.165, 1.54) is 36.4 Å². The molecule has 1 N–H and O–H groups in total. The third-order valence-electron chi connectivity index (χ3n) is 6.81. The summed E-state index contributed by atoms with van der Waals surface area (Å²) in [6.07, 6.45) is -1.37. The van der Waals surface area contributed by atoms with Gasteiger partial charge in [-0.3, -0.25) is 9.59 Å². The van der Waals surface area contributed by atoms with Crippen molar-refractivity contribution >= 4 is 23.8 Å². The average Bonchev–Trinajstić information content (AvgIpc) is 3.03. The summed E-state index contributed by atoms with van der Waals surface area (Å²) in [4.78, 5) is 30.2. The molecule has 1 aliphatic heterocycles. The van der Waals surface area contributed by atoms with E-state index in [4.69, 9.17) is 14.3 Å². The van der Waals surface area contributed by atoms with Crippen LogP contribution in [0.1, 0.15) is 51.9 Å². The Bertz CT molecular complexity index is 1790. The topological polar surface area (TPSA) is 73.9 Å². The fraction of sp³-hybridized carbons (Fsp3) is 0.235. The molecule has 5 rings (SSSR count). The summed E-state index contributed by atoms with van der Waals surface area (Å²) in [5.41, 5.74) is 6.06. The van der Waals surface area contributed by atoms with Crippen molar-refractivity contribution in [2.24, 2.45) is 0 Å². The molecule has 2 aromatic rings. The summed E-state index contributed by atoms with van der Waals surface area (Å²) in [5.74, 6) is 4.99. The monoisotopic (exact) mass is 639 g/mol. The molecule has 0 spiro atoms. The summed E-state index contributed by atoms with van der Waals surface area (Å²) in [5, 5.41) is 0. The Hall–Kier alpha value is -5.04. The highest BCUT2D eigenvalue weighted by Gasteiger charge is 2.37. The molecule has 2 aromatic carbocycles. The van der Waals surface area contributed by atoms with Crippen LogP contribution in [0, 0.1) is 11.8 Å². The van der Waals surface area contributed by atoms with E-state index in [0.717, 1.165) is 18.9 Å². The highest BCUT2D eigenvalue weighted by Crippen LogP contribution is 2.37. The van der Waals surface area contributed by atoms with Gasteiger partial charge in [0.2, 0.25) is 0 Å². The number of Topliss-reactive ketones (excluding diaryl/α,β-unsaturated/α-hetero) is 1. The van der Waals surface area contributed by atoms with Gasteiger partial charge in [-0.2, -0.15) is 26.3 Å². The van der Waals surface area contributed by atoms with Crippen LogP contribution in [0.15, 0.2) is 82.8 Å². The van der Waals surface area contributed by atoms with E-state index in [2.05, 4.69) is 28.8 Å². The first-order chi connectivity index (χ1) is 21.8. The summed E-state index contributed by atoms with van der Waals surface area (Å²) >= 11 is 0. The summed E-state index contributed by atoms with van der Waals surface area (Å²) in [6.45, 7) is 0.601. The zero-order valence-electron chi connectivity index (χ0n) is 23.8.